The molecule has 0 saturated heterocycles. The van der Waals surface area contributed by atoms with Gasteiger partial charge in [-0.05, 0) is 42.6 Å². The largest absolute Gasteiger partial charge is 0.330 e. The molecule has 0 aliphatic rings. The first-order valence-corrected chi connectivity index (χ1v) is 5.77. The summed E-state index contributed by atoms with van der Waals surface area (Å²) >= 11 is 0. The average Bonchev–Trinajstić information content (AvgIpc) is 2.33. The van der Waals surface area contributed by atoms with E-state index in [0.29, 0.717) is 12.1 Å². The van der Waals surface area contributed by atoms with Crippen molar-refractivity contribution in [1.29, 1.82) is 0 Å². The van der Waals surface area contributed by atoms with Gasteiger partial charge in [-0.3, -0.25) is 0 Å². The van der Waals surface area contributed by atoms with E-state index in [4.69, 9.17) is 5.73 Å². The minimum absolute atomic E-state index is 0.180. The van der Waals surface area contributed by atoms with Gasteiger partial charge in [0.2, 0.25) is 0 Å². The molecule has 2 aromatic carbocycles. The molecule has 0 saturated carbocycles. The smallest absolute Gasteiger partial charge is 0.131 e. The van der Waals surface area contributed by atoms with Gasteiger partial charge in [0.15, 0.2) is 0 Å². The van der Waals surface area contributed by atoms with Gasteiger partial charge in [0.1, 0.15) is 5.82 Å². The van der Waals surface area contributed by atoms with Crippen LogP contribution in [-0.4, -0.2) is 6.54 Å². The summed E-state index contributed by atoms with van der Waals surface area (Å²) in [6, 6.07) is 13.0. The monoisotopic (exact) mass is 229 g/mol. The van der Waals surface area contributed by atoms with Gasteiger partial charge in [-0.1, -0.05) is 36.4 Å². The van der Waals surface area contributed by atoms with Crippen LogP contribution in [0.3, 0.4) is 0 Å². The fraction of sp³-hybridized carbons (Fsp3) is 0.200. The maximum absolute atomic E-state index is 13.7. The van der Waals surface area contributed by atoms with Gasteiger partial charge in [0.25, 0.3) is 0 Å². The molecule has 2 N–H and O–H groups in total. The second kappa shape index (κ2) is 5.11. The number of aryl methyl sites for hydroxylation is 1. The van der Waals surface area contributed by atoms with E-state index in [9.17, 15) is 4.39 Å². The lowest BCUT2D eigenvalue weighted by molar-refractivity contribution is 0.631. The standard InChI is InChI=1S/C15H16FN/c1-11-6-7-12(8-9-17)10-14(11)13-4-2-3-5-15(13)16/h2-7,10H,8-9,17H2,1H3. The Morgan fingerprint density at radius 1 is 1.06 bits per heavy atom. The molecule has 0 amide bonds. The highest BCUT2D eigenvalue weighted by molar-refractivity contribution is 5.68. The number of hydrogen-bond acceptors (Lipinski definition) is 1. The van der Waals surface area contributed by atoms with Crippen LogP contribution in [0.1, 0.15) is 11.1 Å². The van der Waals surface area contributed by atoms with Crippen molar-refractivity contribution in [1.82, 2.24) is 0 Å². The summed E-state index contributed by atoms with van der Waals surface area (Å²) in [5.74, 6) is -0.180. The summed E-state index contributed by atoms with van der Waals surface area (Å²) in [6.07, 6.45) is 0.821. The molecular weight excluding hydrogens is 213 g/mol. The van der Waals surface area contributed by atoms with Crippen LogP contribution >= 0.6 is 0 Å². The second-order valence-electron chi connectivity index (χ2n) is 4.17. The van der Waals surface area contributed by atoms with E-state index in [1.165, 1.54) is 6.07 Å². The minimum Gasteiger partial charge on any atom is -0.330 e. The van der Waals surface area contributed by atoms with E-state index < -0.39 is 0 Å². The zero-order valence-corrected chi connectivity index (χ0v) is 9.91. The first-order chi connectivity index (χ1) is 8.22. The Hall–Kier alpha value is -1.67. The molecule has 0 aliphatic carbocycles. The summed E-state index contributed by atoms with van der Waals surface area (Å²) < 4.78 is 13.7. The number of rotatable bonds is 3. The third kappa shape index (κ3) is 2.53. The fourth-order valence-electron chi connectivity index (χ4n) is 1.96. The molecular formula is C15H16FN. The molecule has 0 heterocycles. The summed E-state index contributed by atoms with van der Waals surface area (Å²) in [4.78, 5) is 0. The van der Waals surface area contributed by atoms with Gasteiger partial charge < -0.3 is 5.73 Å². The topological polar surface area (TPSA) is 26.0 Å². The van der Waals surface area contributed by atoms with Gasteiger partial charge >= 0.3 is 0 Å². The summed E-state index contributed by atoms with van der Waals surface area (Å²) in [7, 11) is 0. The zero-order chi connectivity index (χ0) is 12.3. The minimum atomic E-state index is -0.180. The van der Waals surface area contributed by atoms with Crippen molar-refractivity contribution < 1.29 is 4.39 Å². The highest BCUT2D eigenvalue weighted by Gasteiger charge is 2.07. The van der Waals surface area contributed by atoms with E-state index in [0.717, 1.165) is 23.1 Å². The Bertz CT molecular complexity index is 520. The summed E-state index contributed by atoms with van der Waals surface area (Å²) in [5, 5.41) is 0. The molecule has 2 rings (SSSR count). The molecule has 0 spiro atoms. The Balaban J connectivity index is 2.51. The van der Waals surface area contributed by atoms with Gasteiger partial charge in [-0.2, -0.15) is 0 Å². The highest BCUT2D eigenvalue weighted by atomic mass is 19.1. The Morgan fingerprint density at radius 3 is 2.53 bits per heavy atom. The Labute approximate surface area is 101 Å². The van der Waals surface area contributed by atoms with E-state index >= 15 is 0 Å². The fourth-order valence-corrected chi connectivity index (χ4v) is 1.96. The predicted octanol–water partition coefficient (Wildman–Crippen LogP) is 3.30. The maximum Gasteiger partial charge on any atom is 0.131 e. The lowest BCUT2D eigenvalue weighted by Crippen LogP contribution is -2.03. The molecule has 0 atom stereocenters. The third-order valence-corrected chi connectivity index (χ3v) is 2.90. The van der Waals surface area contributed by atoms with E-state index in [2.05, 4.69) is 0 Å². The molecule has 1 nitrogen and oxygen atoms in total. The first-order valence-electron chi connectivity index (χ1n) is 5.77. The van der Waals surface area contributed by atoms with Crippen LogP contribution < -0.4 is 5.73 Å². The number of hydrogen-bond donors (Lipinski definition) is 1. The van der Waals surface area contributed by atoms with Crippen molar-refractivity contribution in [3.05, 3.63) is 59.4 Å². The lowest BCUT2D eigenvalue weighted by atomic mass is 9.97. The molecule has 17 heavy (non-hydrogen) atoms. The molecule has 0 unspecified atom stereocenters. The number of halogens is 1. The molecule has 2 heteroatoms. The van der Waals surface area contributed by atoms with Gasteiger partial charge in [-0.15, -0.1) is 0 Å². The van der Waals surface area contributed by atoms with Gasteiger partial charge in [-0.25, -0.2) is 4.39 Å². The van der Waals surface area contributed by atoms with Crippen molar-refractivity contribution in [2.45, 2.75) is 13.3 Å². The quantitative estimate of drug-likeness (QED) is 0.858. The van der Waals surface area contributed by atoms with Crippen LogP contribution in [-0.2, 0) is 6.42 Å². The number of benzene rings is 2. The first kappa shape index (κ1) is 11.8. The maximum atomic E-state index is 13.7. The van der Waals surface area contributed by atoms with Crippen molar-refractivity contribution in [2.24, 2.45) is 5.73 Å². The second-order valence-corrected chi connectivity index (χ2v) is 4.17. The van der Waals surface area contributed by atoms with Crippen molar-refractivity contribution >= 4 is 0 Å². The Kier molecular flexibility index (Phi) is 3.55. The molecule has 0 radical (unpaired) electrons. The molecule has 2 aromatic rings. The van der Waals surface area contributed by atoms with Crippen molar-refractivity contribution in [2.75, 3.05) is 6.54 Å². The van der Waals surface area contributed by atoms with Gasteiger partial charge in [0.05, 0.1) is 0 Å². The average molecular weight is 229 g/mol. The third-order valence-electron chi connectivity index (χ3n) is 2.90. The molecule has 0 bridgehead atoms. The summed E-state index contributed by atoms with van der Waals surface area (Å²) in [6.45, 7) is 2.60. The van der Waals surface area contributed by atoms with E-state index in [1.54, 1.807) is 6.07 Å². The lowest BCUT2D eigenvalue weighted by Gasteiger charge is -2.09. The van der Waals surface area contributed by atoms with Crippen LogP contribution in [0.2, 0.25) is 0 Å². The molecule has 0 aliphatic heterocycles. The van der Waals surface area contributed by atoms with Crippen LogP contribution in [0.25, 0.3) is 11.1 Å². The van der Waals surface area contributed by atoms with Crippen LogP contribution in [0.4, 0.5) is 4.39 Å². The van der Waals surface area contributed by atoms with Crippen molar-refractivity contribution in [3.8, 4) is 11.1 Å². The Morgan fingerprint density at radius 2 is 1.82 bits per heavy atom. The zero-order valence-electron chi connectivity index (χ0n) is 9.91. The highest BCUT2D eigenvalue weighted by Crippen LogP contribution is 2.27. The molecule has 0 aromatic heterocycles. The van der Waals surface area contributed by atoms with E-state index in [-0.39, 0.29) is 5.82 Å². The summed E-state index contributed by atoms with van der Waals surface area (Å²) in [5.41, 5.74) is 9.38. The van der Waals surface area contributed by atoms with Gasteiger partial charge in [0, 0.05) is 5.56 Å². The molecule has 0 fully saturated rings. The SMILES string of the molecule is Cc1ccc(CCN)cc1-c1ccccc1F. The molecule has 88 valence electrons. The predicted molar refractivity (Wildman–Crippen MR) is 69.3 cm³/mol. The van der Waals surface area contributed by atoms with E-state index in [1.807, 2.05) is 37.3 Å². The van der Waals surface area contributed by atoms with Crippen LogP contribution in [0.15, 0.2) is 42.5 Å². The van der Waals surface area contributed by atoms with Crippen LogP contribution in [0, 0.1) is 12.7 Å². The normalized spacial score (nSPS) is 10.5. The van der Waals surface area contributed by atoms with Crippen molar-refractivity contribution in [3.63, 3.8) is 0 Å². The van der Waals surface area contributed by atoms with Crippen LogP contribution in [0.5, 0.6) is 0 Å². The number of nitrogens with two attached hydrogens (primary N) is 1.